The van der Waals surface area contributed by atoms with Crippen LogP contribution in [0.3, 0.4) is 0 Å². The Hall–Kier alpha value is -1.60. The van der Waals surface area contributed by atoms with E-state index in [-0.39, 0.29) is 23.7 Å². The molecule has 0 amide bonds. The molecule has 5 nitrogen and oxygen atoms in total. The predicted molar refractivity (Wildman–Crippen MR) is 82.6 cm³/mol. The molecule has 0 radical (unpaired) electrons. The number of halogens is 2. The molecule has 3 rings (SSSR count). The van der Waals surface area contributed by atoms with E-state index in [1.54, 1.807) is 0 Å². The number of nitrogens with zero attached hydrogens (tertiary/aromatic N) is 3. The SMILES string of the molecule is CC(C)N1CCN(C2CC(F)(F)c3cc([N+](=O)[O-])ccc32)CC1. The molecule has 1 fully saturated rings. The molecular weight excluding hydrogens is 304 g/mol. The van der Waals surface area contributed by atoms with Crippen molar-refractivity contribution in [3.05, 3.63) is 39.4 Å². The monoisotopic (exact) mass is 325 g/mol. The van der Waals surface area contributed by atoms with Gasteiger partial charge in [-0.15, -0.1) is 0 Å². The van der Waals surface area contributed by atoms with Gasteiger partial charge in [0, 0.05) is 62.4 Å². The molecule has 1 aromatic carbocycles. The number of alkyl halides is 2. The van der Waals surface area contributed by atoms with Gasteiger partial charge in [0.15, 0.2) is 0 Å². The molecule has 0 bridgehead atoms. The zero-order valence-corrected chi connectivity index (χ0v) is 13.3. The molecule has 126 valence electrons. The summed E-state index contributed by atoms with van der Waals surface area (Å²) in [4.78, 5) is 14.6. The summed E-state index contributed by atoms with van der Waals surface area (Å²) in [6, 6.07) is 3.98. The first kappa shape index (κ1) is 16.3. The normalized spacial score (nSPS) is 24.8. The van der Waals surface area contributed by atoms with Crippen molar-refractivity contribution in [3.63, 3.8) is 0 Å². The van der Waals surface area contributed by atoms with E-state index in [4.69, 9.17) is 0 Å². The summed E-state index contributed by atoms with van der Waals surface area (Å²) < 4.78 is 28.7. The minimum atomic E-state index is -3.00. The average Bonchev–Trinajstić information content (AvgIpc) is 2.78. The van der Waals surface area contributed by atoms with Crippen molar-refractivity contribution in [2.75, 3.05) is 26.2 Å². The molecule has 23 heavy (non-hydrogen) atoms. The number of piperazine rings is 1. The van der Waals surface area contributed by atoms with Gasteiger partial charge in [-0.3, -0.25) is 19.9 Å². The molecule has 0 saturated carbocycles. The third-order valence-corrected chi connectivity index (χ3v) is 4.97. The van der Waals surface area contributed by atoms with Crippen LogP contribution in [-0.2, 0) is 5.92 Å². The third kappa shape index (κ3) is 2.95. The van der Waals surface area contributed by atoms with Crippen LogP contribution in [0.5, 0.6) is 0 Å². The van der Waals surface area contributed by atoms with Crippen molar-refractivity contribution in [1.82, 2.24) is 9.80 Å². The van der Waals surface area contributed by atoms with Crippen molar-refractivity contribution in [3.8, 4) is 0 Å². The Bertz CT molecular complexity index is 613. The average molecular weight is 325 g/mol. The number of nitro benzene ring substituents is 1. The second kappa shape index (κ2) is 5.79. The highest BCUT2D eigenvalue weighted by Crippen LogP contribution is 2.50. The summed E-state index contributed by atoms with van der Waals surface area (Å²) >= 11 is 0. The summed E-state index contributed by atoms with van der Waals surface area (Å²) in [7, 11) is 0. The van der Waals surface area contributed by atoms with Crippen molar-refractivity contribution in [2.45, 2.75) is 38.3 Å². The predicted octanol–water partition coefficient (Wildman–Crippen LogP) is 3.16. The van der Waals surface area contributed by atoms with Crippen LogP contribution in [0, 0.1) is 10.1 Å². The molecule has 0 aromatic heterocycles. The molecule has 1 aliphatic carbocycles. The molecule has 2 aliphatic rings. The van der Waals surface area contributed by atoms with Gasteiger partial charge in [-0.25, -0.2) is 8.78 Å². The fourth-order valence-corrected chi connectivity index (χ4v) is 3.62. The van der Waals surface area contributed by atoms with E-state index in [1.165, 1.54) is 12.1 Å². The van der Waals surface area contributed by atoms with E-state index in [0.717, 1.165) is 32.2 Å². The molecule has 1 unspecified atom stereocenters. The van der Waals surface area contributed by atoms with Gasteiger partial charge < -0.3 is 0 Å². The first-order chi connectivity index (χ1) is 10.8. The first-order valence-electron chi connectivity index (χ1n) is 7.94. The van der Waals surface area contributed by atoms with Crippen LogP contribution in [0.2, 0.25) is 0 Å². The van der Waals surface area contributed by atoms with Gasteiger partial charge in [0.1, 0.15) is 0 Å². The molecule has 1 aliphatic heterocycles. The maximum atomic E-state index is 14.3. The van der Waals surface area contributed by atoms with E-state index >= 15 is 0 Å². The number of benzene rings is 1. The van der Waals surface area contributed by atoms with Gasteiger partial charge in [0.05, 0.1) is 4.92 Å². The molecule has 7 heteroatoms. The van der Waals surface area contributed by atoms with Crippen LogP contribution >= 0.6 is 0 Å². The smallest absolute Gasteiger partial charge is 0.275 e. The fraction of sp³-hybridized carbons (Fsp3) is 0.625. The van der Waals surface area contributed by atoms with E-state index in [1.807, 2.05) is 0 Å². The lowest BCUT2D eigenvalue weighted by Crippen LogP contribution is -2.49. The lowest BCUT2D eigenvalue weighted by Gasteiger charge is -2.40. The maximum Gasteiger partial charge on any atom is 0.275 e. The van der Waals surface area contributed by atoms with Gasteiger partial charge in [-0.1, -0.05) is 6.07 Å². The Morgan fingerprint density at radius 2 is 1.91 bits per heavy atom. The second-order valence-corrected chi connectivity index (χ2v) is 6.62. The summed E-state index contributed by atoms with van der Waals surface area (Å²) in [6.45, 7) is 7.48. The molecule has 0 N–H and O–H groups in total. The lowest BCUT2D eigenvalue weighted by molar-refractivity contribution is -0.385. The molecule has 1 heterocycles. The summed E-state index contributed by atoms with van der Waals surface area (Å²) in [5.74, 6) is -3.00. The van der Waals surface area contributed by atoms with Crippen LogP contribution in [-0.4, -0.2) is 46.9 Å². The lowest BCUT2D eigenvalue weighted by atomic mass is 10.0. The summed E-state index contributed by atoms with van der Waals surface area (Å²) in [6.07, 6.45) is -0.287. The van der Waals surface area contributed by atoms with Crippen LogP contribution in [0.4, 0.5) is 14.5 Å². The van der Waals surface area contributed by atoms with E-state index in [2.05, 4.69) is 23.6 Å². The molecular formula is C16H21F2N3O2. The Kier molecular flexibility index (Phi) is 4.10. The number of hydrogen-bond acceptors (Lipinski definition) is 4. The maximum absolute atomic E-state index is 14.3. The highest BCUT2D eigenvalue weighted by atomic mass is 19.3. The summed E-state index contributed by atoms with van der Waals surface area (Å²) in [5, 5.41) is 10.8. The minimum Gasteiger partial charge on any atom is -0.298 e. The van der Waals surface area contributed by atoms with Gasteiger partial charge in [-0.05, 0) is 19.4 Å². The number of fused-ring (bicyclic) bond motifs is 1. The Morgan fingerprint density at radius 3 is 2.48 bits per heavy atom. The number of rotatable bonds is 3. The van der Waals surface area contributed by atoms with Crippen LogP contribution in [0.25, 0.3) is 0 Å². The van der Waals surface area contributed by atoms with Crippen molar-refractivity contribution in [2.24, 2.45) is 0 Å². The van der Waals surface area contributed by atoms with Crippen molar-refractivity contribution < 1.29 is 13.7 Å². The van der Waals surface area contributed by atoms with Gasteiger partial charge in [0.2, 0.25) is 0 Å². The minimum absolute atomic E-state index is 0.178. The van der Waals surface area contributed by atoms with Crippen molar-refractivity contribution in [1.29, 1.82) is 0 Å². The van der Waals surface area contributed by atoms with Crippen LogP contribution in [0.1, 0.15) is 37.4 Å². The Morgan fingerprint density at radius 1 is 1.26 bits per heavy atom. The second-order valence-electron chi connectivity index (χ2n) is 6.62. The Labute approximate surface area is 134 Å². The van der Waals surface area contributed by atoms with Crippen molar-refractivity contribution >= 4 is 5.69 Å². The fourth-order valence-electron chi connectivity index (χ4n) is 3.62. The van der Waals surface area contributed by atoms with Crippen LogP contribution < -0.4 is 0 Å². The van der Waals surface area contributed by atoms with Gasteiger partial charge in [-0.2, -0.15) is 0 Å². The number of hydrogen-bond donors (Lipinski definition) is 0. The Balaban J connectivity index is 1.84. The molecule has 1 saturated heterocycles. The quantitative estimate of drug-likeness (QED) is 0.633. The largest absolute Gasteiger partial charge is 0.298 e. The highest BCUT2D eigenvalue weighted by Gasteiger charge is 2.48. The molecule has 1 aromatic rings. The standard InChI is InChI=1S/C16H21F2N3O2/c1-11(2)19-5-7-20(8-6-19)15-10-16(17,18)14-9-12(21(22)23)3-4-13(14)15/h3-4,9,11,15H,5-8,10H2,1-2H3. The zero-order valence-electron chi connectivity index (χ0n) is 13.3. The van der Waals surface area contributed by atoms with E-state index in [0.29, 0.717) is 11.6 Å². The number of nitro groups is 1. The topological polar surface area (TPSA) is 49.6 Å². The first-order valence-corrected chi connectivity index (χ1v) is 7.94. The molecule has 0 spiro atoms. The van der Waals surface area contributed by atoms with E-state index < -0.39 is 10.8 Å². The van der Waals surface area contributed by atoms with Crippen LogP contribution in [0.15, 0.2) is 18.2 Å². The summed E-state index contributed by atoms with van der Waals surface area (Å²) in [5.41, 5.74) is 0.0929. The number of non-ortho nitro benzene ring substituents is 1. The third-order valence-electron chi connectivity index (χ3n) is 4.97. The van der Waals surface area contributed by atoms with Gasteiger partial charge >= 0.3 is 0 Å². The zero-order chi connectivity index (χ0) is 16.8. The van der Waals surface area contributed by atoms with Gasteiger partial charge in [0.25, 0.3) is 11.6 Å². The highest BCUT2D eigenvalue weighted by molar-refractivity contribution is 5.46. The van der Waals surface area contributed by atoms with E-state index in [9.17, 15) is 18.9 Å². The molecule has 1 atom stereocenters.